The van der Waals surface area contributed by atoms with Crippen molar-refractivity contribution >= 4 is 7.60 Å². The third-order valence-corrected chi connectivity index (χ3v) is 6.42. The average molecular weight is 301 g/mol. The Balaban J connectivity index is 2.29. The first-order valence-corrected chi connectivity index (χ1v) is 9.62. The summed E-state index contributed by atoms with van der Waals surface area (Å²) in [5.41, 5.74) is 1.26. The van der Waals surface area contributed by atoms with Gasteiger partial charge in [0, 0.05) is 18.8 Å². The van der Waals surface area contributed by atoms with Gasteiger partial charge in [0.05, 0.1) is 18.5 Å². The number of hydrogen-bond donors (Lipinski definition) is 0. The highest BCUT2D eigenvalue weighted by Gasteiger charge is 2.35. The van der Waals surface area contributed by atoms with E-state index in [1.54, 1.807) is 0 Å². The molecule has 4 nitrogen and oxygen atoms in total. The van der Waals surface area contributed by atoms with Gasteiger partial charge >= 0.3 is 7.60 Å². The van der Waals surface area contributed by atoms with Crippen LogP contribution in [0.25, 0.3) is 0 Å². The van der Waals surface area contributed by atoms with Gasteiger partial charge in [-0.3, -0.25) is 4.57 Å². The molecule has 0 bridgehead atoms. The van der Waals surface area contributed by atoms with Crippen LogP contribution in [0.5, 0.6) is 0 Å². The van der Waals surface area contributed by atoms with E-state index in [1.165, 1.54) is 31.4 Å². The van der Waals surface area contributed by atoms with Crippen molar-refractivity contribution in [3.63, 3.8) is 0 Å². The van der Waals surface area contributed by atoms with Gasteiger partial charge in [-0.1, -0.05) is 0 Å². The van der Waals surface area contributed by atoms with Crippen LogP contribution < -0.4 is 0 Å². The van der Waals surface area contributed by atoms with E-state index in [1.807, 2.05) is 13.8 Å². The number of allylic oxidation sites excluding steroid dienone is 2. The van der Waals surface area contributed by atoms with Crippen molar-refractivity contribution in [3.8, 4) is 0 Å². The van der Waals surface area contributed by atoms with Crippen LogP contribution in [-0.4, -0.2) is 31.2 Å². The molecule has 1 fully saturated rings. The predicted octanol–water partition coefficient (Wildman–Crippen LogP) is 4.52. The molecule has 0 radical (unpaired) electrons. The Morgan fingerprint density at radius 1 is 0.950 bits per heavy atom. The predicted molar refractivity (Wildman–Crippen MR) is 81.8 cm³/mol. The molecule has 5 heteroatoms. The Hall–Kier alpha value is -0.310. The third kappa shape index (κ3) is 3.66. The summed E-state index contributed by atoms with van der Waals surface area (Å²) in [4.78, 5) is 2.43. The topological polar surface area (TPSA) is 38.8 Å². The Kier molecular flexibility index (Phi) is 6.13. The summed E-state index contributed by atoms with van der Waals surface area (Å²) in [6, 6.07) is 0. The van der Waals surface area contributed by atoms with Gasteiger partial charge in [0.25, 0.3) is 0 Å². The van der Waals surface area contributed by atoms with Crippen LogP contribution in [0, 0.1) is 0 Å². The molecule has 20 heavy (non-hydrogen) atoms. The molecule has 0 aromatic rings. The van der Waals surface area contributed by atoms with Gasteiger partial charge in [0.1, 0.15) is 0 Å². The summed E-state index contributed by atoms with van der Waals surface area (Å²) in [7, 11) is -3.08. The maximum atomic E-state index is 13.1. The van der Waals surface area contributed by atoms with Crippen molar-refractivity contribution < 1.29 is 13.6 Å². The third-order valence-electron chi connectivity index (χ3n) is 4.08. The Morgan fingerprint density at radius 3 is 2.15 bits per heavy atom. The van der Waals surface area contributed by atoms with E-state index >= 15 is 0 Å². The van der Waals surface area contributed by atoms with Gasteiger partial charge in [-0.2, -0.15) is 0 Å². The molecule has 0 amide bonds. The molecule has 1 heterocycles. The number of rotatable bonds is 6. The molecule has 0 aromatic heterocycles. The zero-order chi connectivity index (χ0) is 14.4. The first kappa shape index (κ1) is 16.1. The number of piperidine rings is 1. The molecule has 1 saturated heterocycles. The minimum atomic E-state index is -3.08. The van der Waals surface area contributed by atoms with Crippen LogP contribution in [0.2, 0.25) is 0 Å². The van der Waals surface area contributed by atoms with Crippen molar-refractivity contribution in [2.45, 2.75) is 58.8 Å². The highest BCUT2D eigenvalue weighted by molar-refractivity contribution is 7.58. The number of hydrogen-bond acceptors (Lipinski definition) is 4. The summed E-state index contributed by atoms with van der Waals surface area (Å²) < 4.78 is 24.3. The zero-order valence-electron chi connectivity index (χ0n) is 12.9. The van der Waals surface area contributed by atoms with Crippen molar-refractivity contribution in [1.82, 2.24) is 4.90 Å². The molecular weight excluding hydrogens is 273 g/mol. The summed E-state index contributed by atoms with van der Waals surface area (Å²) in [5, 5.41) is 0.967. The minimum Gasteiger partial charge on any atom is -0.374 e. The Labute approximate surface area is 123 Å². The largest absolute Gasteiger partial charge is 0.374 e. The lowest BCUT2D eigenvalue weighted by Gasteiger charge is -2.36. The molecular formula is C15H28NO3P. The average Bonchev–Trinajstić information content (AvgIpc) is 2.49. The molecule has 1 aliphatic carbocycles. The molecule has 0 unspecified atom stereocenters. The van der Waals surface area contributed by atoms with Crippen molar-refractivity contribution in [3.05, 3.63) is 11.0 Å². The van der Waals surface area contributed by atoms with Crippen molar-refractivity contribution in [2.75, 3.05) is 26.3 Å². The van der Waals surface area contributed by atoms with E-state index in [0.717, 1.165) is 37.7 Å². The van der Waals surface area contributed by atoms with Gasteiger partial charge in [-0.15, -0.1) is 0 Å². The van der Waals surface area contributed by atoms with E-state index in [2.05, 4.69) is 4.90 Å². The van der Waals surface area contributed by atoms with E-state index in [-0.39, 0.29) is 0 Å². The first-order valence-electron chi connectivity index (χ1n) is 8.08. The summed E-state index contributed by atoms with van der Waals surface area (Å²) >= 11 is 0. The highest BCUT2D eigenvalue weighted by Crippen LogP contribution is 2.60. The van der Waals surface area contributed by atoms with E-state index in [4.69, 9.17) is 9.05 Å². The SMILES string of the molecule is CCOP(=O)(OCC)C1=C(N2CCCCC2)CCCC1. The summed E-state index contributed by atoms with van der Waals surface area (Å²) in [5.74, 6) is 0. The lowest BCUT2D eigenvalue weighted by atomic mass is 10.0. The lowest BCUT2D eigenvalue weighted by molar-refractivity contribution is 0.219. The molecule has 0 atom stereocenters. The van der Waals surface area contributed by atoms with Crippen LogP contribution >= 0.6 is 7.60 Å². The smallest absolute Gasteiger partial charge is 0.359 e. The van der Waals surface area contributed by atoms with Gasteiger partial charge in [0.15, 0.2) is 0 Å². The lowest BCUT2D eigenvalue weighted by Crippen LogP contribution is -2.31. The van der Waals surface area contributed by atoms with Gasteiger partial charge < -0.3 is 13.9 Å². The molecule has 0 aromatic carbocycles. The second-order valence-electron chi connectivity index (χ2n) is 5.48. The van der Waals surface area contributed by atoms with Gasteiger partial charge in [-0.25, -0.2) is 0 Å². The Morgan fingerprint density at radius 2 is 1.55 bits per heavy atom. The maximum Gasteiger partial charge on any atom is 0.359 e. The van der Waals surface area contributed by atoms with E-state index in [0.29, 0.717) is 13.2 Å². The number of nitrogens with zero attached hydrogens (tertiary/aromatic N) is 1. The van der Waals surface area contributed by atoms with Gasteiger partial charge in [0.2, 0.25) is 0 Å². The second kappa shape index (κ2) is 7.63. The molecule has 0 N–H and O–H groups in total. The van der Waals surface area contributed by atoms with E-state index in [9.17, 15) is 4.57 Å². The van der Waals surface area contributed by atoms with Crippen LogP contribution in [0.4, 0.5) is 0 Å². The number of likely N-dealkylation sites (tertiary alicyclic amines) is 1. The van der Waals surface area contributed by atoms with Crippen LogP contribution in [0.1, 0.15) is 58.8 Å². The highest BCUT2D eigenvalue weighted by atomic mass is 31.2. The van der Waals surface area contributed by atoms with Crippen LogP contribution in [-0.2, 0) is 13.6 Å². The quantitative estimate of drug-likeness (QED) is 0.676. The fourth-order valence-electron chi connectivity index (χ4n) is 3.21. The van der Waals surface area contributed by atoms with Crippen molar-refractivity contribution in [2.24, 2.45) is 0 Å². The summed E-state index contributed by atoms with van der Waals surface area (Å²) in [6.07, 6.45) is 7.97. The zero-order valence-corrected chi connectivity index (χ0v) is 13.8. The molecule has 0 spiro atoms. The van der Waals surface area contributed by atoms with Gasteiger partial charge in [-0.05, 0) is 58.8 Å². The molecule has 116 valence electrons. The fraction of sp³-hybridized carbons (Fsp3) is 0.867. The van der Waals surface area contributed by atoms with E-state index < -0.39 is 7.60 Å². The molecule has 0 saturated carbocycles. The van der Waals surface area contributed by atoms with Crippen LogP contribution in [0.15, 0.2) is 11.0 Å². The van der Waals surface area contributed by atoms with Crippen LogP contribution in [0.3, 0.4) is 0 Å². The monoisotopic (exact) mass is 301 g/mol. The maximum absolute atomic E-state index is 13.1. The fourth-order valence-corrected chi connectivity index (χ4v) is 5.27. The molecule has 1 aliphatic heterocycles. The Bertz CT molecular complexity index is 379. The minimum absolute atomic E-state index is 0.439. The first-order chi connectivity index (χ1) is 9.71. The molecule has 2 rings (SSSR count). The second-order valence-corrected chi connectivity index (χ2v) is 7.53. The normalized spacial score (nSPS) is 21.4. The molecule has 2 aliphatic rings. The standard InChI is InChI=1S/C15H28NO3P/c1-3-18-20(17,19-4-2)15-11-7-6-10-14(15)16-12-8-5-9-13-16/h3-13H2,1-2H3. The summed E-state index contributed by atoms with van der Waals surface area (Å²) in [6.45, 7) is 6.83. The van der Waals surface area contributed by atoms with Crippen molar-refractivity contribution in [1.29, 1.82) is 0 Å².